The smallest absolute Gasteiger partial charge is 0.307 e. The van der Waals surface area contributed by atoms with Crippen LogP contribution >= 0.6 is 11.6 Å². The Morgan fingerprint density at radius 2 is 2.06 bits per heavy atom. The van der Waals surface area contributed by atoms with Crippen molar-refractivity contribution in [2.75, 3.05) is 0 Å². The quantitative estimate of drug-likeness (QED) is 0.867. The highest BCUT2D eigenvalue weighted by Crippen LogP contribution is 2.24. The van der Waals surface area contributed by atoms with Crippen molar-refractivity contribution in [2.45, 2.75) is 6.42 Å². The van der Waals surface area contributed by atoms with Crippen LogP contribution in [-0.2, 0) is 11.2 Å². The van der Waals surface area contributed by atoms with Crippen LogP contribution in [0.4, 0.5) is 4.39 Å². The van der Waals surface area contributed by atoms with Gasteiger partial charge in [0.1, 0.15) is 11.0 Å². The van der Waals surface area contributed by atoms with Crippen molar-refractivity contribution in [2.24, 2.45) is 0 Å². The molecular weight excluding hydrogens is 257 g/mol. The zero-order valence-electron chi connectivity index (χ0n) is 9.23. The van der Waals surface area contributed by atoms with E-state index in [9.17, 15) is 9.18 Å². The molecule has 0 saturated heterocycles. The maximum atomic E-state index is 13.6. The van der Waals surface area contributed by atoms with Crippen molar-refractivity contribution in [3.8, 4) is 11.3 Å². The monoisotopic (exact) mass is 265 g/mol. The zero-order valence-corrected chi connectivity index (χ0v) is 9.99. The summed E-state index contributed by atoms with van der Waals surface area (Å²) in [6, 6.07) is 9.12. The topological polar surface area (TPSA) is 50.2 Å². The summed E-state index contributed by atoms with van der Waals surface area (Å²) in [5, 5.41) is 8.88. The van der Waals surface area contributed by atoms with Crippen LogP contribution < -0.4 is 0 Å². The first-order valence-electron chi connectivity index (χ1n) is 5.19. The summed E-state index contributed by atoms with van der Waals surface area (Å²) in [5.74, 6) is -1.40. The van der Waals surface area contributed by atoms with Crippen molar-refractivity contribution in [3.05, 3.63) is 52.9 Å². The third-order valence-corrected chi connectivity index (χ3v) is 2.55. The zero-order chi connectivity index (χ0) is 13.1. The fraction of sp³-hybridized carbons (Fsp3) is 0.0769. The van der Waals surface area contributed by atoms with E-state index in [1.54, 1.807) is 18.2 Å². The molecule has 0 aliphatic heterocycles. The Morgan fingerprint density at radius 3 is 2.72 bits per heavy atom. The molecule has 0 bridgehead atoms. The van der Waals surface area contributed by atoms with E-state index < -0.39 is 11.8 Å². The lowest BCUT2D eigenvalue weighted by Gasteiger charge is -2.05. The molecular formula is C13H9ClFNO2. The number of carbonyl (C=O) groups is 1. The summed E-state index contributed by atoms with van der Waals surface area (Å²) >= 11 is 5.81. The van der Waals surface area contributed by atoms with E-state index in [0.29, 0.717) is 16.8 Å². The molecule has 92 valence electrons. The number of rotatable bonds is 3. The number of nitrogens with zero attached hydrogens (tertiary/aromatic N) is 1. The van der Waals surface area contributed by atoms with Crippen LogP contribution in [0.2, 0.25) is 5.15 Å². The van der Waals surface area contributed by atoms with E-state index in [-0.39, 0.29) is 11.6 Å². The van der Waals surface area contributed by atoms with Gasteiger partial charge in [0.2, 0.25) is 0 Å². The minimum Gasteiger partial charge on any atom is -0.481 e. The van der Waals surface area contributed by atoms with E-state index in [1.807, 2.05) is 0 Å². The molecule has 1 N–H and O–H groups in total. The molecule has 0 aliphatic rings. The van der Waals surface area contributed by atoms with Gasteiger partial charge in [-0.25, -0.2) is 9.37 Å². The second kappa shape index (κ2) is 5.14. The lowest BCUT2D eigenvalue weighted by atomic mass is 10.1. The number of carboxylic acids is 1. The van der Waals surface area contributed by atoms with Crippen molar-refractivity contribution < 1.29 is 14.3 Å². The van der Waals surface area contributed by atoms with Crippen molar-refractivity contribution >= 4 is 17.6 Å². The Morgan fingerprint density at radius 1 is 1.33 bits per heavy atom. The highest BCUT2D eigenvalue weighted by molar-refractivity contribution is 6.29. The molecule has 0 atom stereocenters. The molecule has 0 unspecified atom stereocenters. The molecule has 1 aromatic carbocycles. The maximum Gasteiger partial charge on any atom is 0.307 e. The fourth-order valence-electron chi connectivity index (χ4n) is 1.63. The average molecular weight is 266 g/mol. The molecule has 5 heteroatoms. The first-order valence-corrected chi connectivity index (χ1v) is 5.57. The Kier molecular flexibility index (Phi) is 3.58. The SMILES string of the molecule is O=C(O)Cc1cc(Cl)nc(-c2ccccc2F)c1. The molecule has 1 aromatic heterocycles. The van der Waals surface area contributed by atoms with Gasteiger partial charge in [0.15, 0.2) is 0 Å². The van der Waals surface area contributed by atoms with Gasteiger partial charge in [-0.1, -0.05) is 23.7 Å². The first-order chi connectivity index (χ1) is 8.56. The largest absolute Gasteiger partial charge is 0.481 e. The summed E-state index contributed by atoms with van der Waals surface area (Å²) in [4.78, 5) is 14.7. The number of hydrogen-bond donors (Lipinski definition) is 1. The maximum absolute atomic E-state index is 13.6. The Bertz CT molecular complexity index is 601. The Hall–Kier alpha value is -1.94. The Labute approximate surface area is 108 Å². The number of halogens is 2. The van der Waals surface area contributed by atoms with Gasteiger partial charge >= 0.3 is 5.97 Å². The highest BCUT2D eigenvalue weighted by Gasteiger charge is 2.09. The minimum atomic E-state index is -0.975. The van der Waals surface area contributed by atoms with Crippen LogP contribution in [0.5, 0.6) is 0 Å². The molecule has 0 radical (unpaired) electrons. The van der Waals surface area contributed by atoms with Crippen molar-refractivity contribution in [1.82, 2.24) is 4.98 Å². The molecule has 0 spiro atoms. The van der Waals surface area contributed by atoms with Gasteiger partial charge in [-0.2, -0.15) is 0 Å². The average Bonchev–Trinajstić information content (AvgIpc) is 2.27. The molecule has 0 amide bonds. The van der Waals surface area contributed by atoms with Crippen LogP contribution in [0, 0.1) is 5.82 Å². The highest BCUT2D eigenvalue weighted by atomic mass is 35.5. The van der Waals surface area contributed by atoms with Gasteiger partial charge < -0.3 is 5.11 Å². The van der Waals surface area contributed by atoms with Gasteiger partial charge in [-0.05, 0) is 29.8 Å². The third-order valence-electron chi connectivity index (χ3n) is 2.36. The third kappa shape index (κ3) is 2.84. The molecule has 0 fully saturated rings. The molecule has 2 rings (SSSR count). The lowest BCUT2D eigenvalue weighted by Crippen LogP contribution is -2.01. The number of hydrogen-bond acceptors (Lipinski definition) is 2. The van der Waals surface area contributed by atoms with Gasteiger partial charge in [0, 0.05) is 5.56 Å². The molecule has 1 heterocycles. The molecule has 18 heavy (non-hydrogen) atoms. The van der Waals surface area contributed by atoms with E-state index in [2.05, 4.69) is 4.98 Å². The van der Waals surface area contributed by atoms with Crippen LogP contribution in [0.25, 0.3) is 11.3 Å². The van der Waals surface area contributed by atoms with Crippen molar-refractivity contribution in [1.29, 1.82) is 0 Å². The lowest BCUT2D eigenvalue weighted by molar-refractivity contribution is -0.136. The predicted octanol–water partition coefficient (Wildman–Crippen LogP) is 3.17. The summed E-state index contributed by atoms with van der Waals surface area (Å²) in [5.41, 5.74) is 1.12. The standard InChI is InChI=1S/C13H9ClFNO2/c14-12-6-8(7-13(17)18)5-11(16-12)9-3-1-2-4-10(9)15/h1-6H,7H2,(H,17,18). The predicted molar refractivity (Wildman–Crippen MR) is 66.0 cm³/mol. The summed E-state index contributed by atoms with van der Waals surface area (Å²) < 4.78 is 13.6. The van der Waals surface area contributed by atoms with Crippen LogP contribution in [0.1, 0.15) is 5.56 Å². The summed E-state index contributed by atoms with van der Waals surface area (Å²) in [7, 11) is 0. The molecule has 3 nitrogen and oxygen atoms in total. The van der Waals surface area contributed by atoms with Crippen LogP contribution in [0.15, 0.2) is 36.4 Å². The normalized spacial score (nSPS) is 10.3. The van der Waals surface area contributed by atoms with Gasteiger partial charge in [-0.15, -0.1) is 0 Å². The second-order valence-corrected chi connectivity index (χ2v) is 4.12. The number of benzene rings is 1. The first kappa shape index (κ1) is 12.5. The second-order valence-electron chi connectivity index (χ2n) is 3.73. The van der Waals surface area contributed by atoms with Crippen LogP contribution in [-0.4, -0.2) is 16.1 Å². The Balaban J connectivity index is 2.48. The van der Waals surface area contributed by atoms with Crippen molar-refractivity contribution in [3.63, 3.8) is 0 Å². The van der Waals surface area contributed by atoms with Gasteiger partial charge in [-0.3, -0.25) is 4.79 Å². The number of aliphatic carboxylic acids is 1. The van der Waals surface area contributed by atoms with E-state index in [1.165, 1.54) is 18.2 Å². The molecule has 2 aromatic rings. The van der Waals surface area contributed by atoms with E-state index >= 15 is 0 Å². The fourth-order valence-corrected chi connectivity index (χ4v) is 1.86. The minimum absolute atomic E-state index is 0.145. The number of carboxylic acid groups (broad SMARTS) is 1. The molecule has 0 aliphatic carbocycles. The summed E-state index contributed by atoms with van der Waals surface area (Å²) in [6.45, 7) is 0. The number of pyridine rings is 1. The van der Waals surface area contributed by atoms with Gasteiger partial charge in [0.25, 0.3) is 0 Å². The number of aromatic nitrogens is 1. The van der Waals surface area contributed by atoms with E-state index in [0.717, 1.165) is 0 Å². The molecule has 0 saturated carbocycles. The van der Waals surface area contributed by atoms with Crippen LogP contribution in [0.3, 0.4) is 0 Å². The summed E-state index contributed by atoms with van der Waals surface area (Å²) in [6.07, 6.45) is -0.177. The van der Waals surface area contributed by atoms with Gasteiger partial charge in [0.05, 0.1) is 12.1 Å². The van der Waals surface area contributed by atoms with E-state index in [4.69, 9.17) is 16.7 Å².